The molecule has 0 aromatic carbocycles. The van der Waals surface area contributed by atoms with Crippen LogP contribution in [0.15, 0.2) is 29.0 Å². The van der Waals surface area contributed by atoms with Crippen LogP contribution in [0.3, 0.4) is 0 Å². The molecule has 6 heteroatoms. The molecule has 26 heavy (non-hydrogen) atoms. The lowest BCUT2D eigenvalue weighted by atomic mass is 9.92. The second-order valence-corrected chi connectivity index (χ2v) is 8.65. The largest absolute Gasteiger partial charge is 0.353 e. The first-order chi connectivity index (χ1) is 12.7. The third-order valence-corrected chi connectivity index (χ3v) is 6.23. The lowest BCUT2D eigenvalue weighted by Crippen LogP contribution is -2.44. The Bertz CT molecular complexity index is 760. The van der Waals surface area contributed by atoms with E-state index in [1.165, 1.54) is 19.3 Å². The maximum atomic E-state index is 12.5. The molecule has 1 amide bonds. The molecule has 3 heterocycles. The summed E-state index contributed by atoms with van der Waals surface area (Å²) in [5, 5.41) is 3.30. The molecule has 2 aromatic rings. The summed E-state index contributed by atoms with van der Waals surface area (Å²) >= 11 is 3.50. The molecule has 1 saturated carbocycles. The monoisotopic (exact) mass is 418 g/mol. The molecule has 1 aliphatic heterocycles. The van der Waals surface area contributed by atoms with Crippen molar-refractivity contribution in [1.29, 1.82) is 0 Å². The second kappa shape index (κ2) is 8.09. The quantitative estimate of drug-likeness (QED) is 0.821. The smallest absolute Gasteiger partial charge is 0.223 e. The SMILES string of the molecule is O=C(NC1CCCCC1)C1CCN(Cc2cn3cc(Br)ccc3n2)CC1. The van der Waals surface area contributed by atoms with E-state index < -0.39 is 0 Å². The van der Waals surface area contributed by atoms with Crippen molar-refractivity contribution >= 4 is 27.5 Å². The number of nitrogens with zero attached hydrogens (tertiary/aromatic N) is 3. The standard InChI is InChI=1S/C20H27BrN4O/c21-16-6-7-19-22-18(14-25(19)12-16)13-24-10-8-15(9-11-24)20(26)23-17-4-2-1-3-5-17/h6-7,12,14-15,17H,1-5,8-11,13H2,(H,23,26). The maximum Gasteiger partial charge on any atom is 0.223 e. The summed E-state index contributed by atoms with van der Waals surface area (Å²) < 4.78 is 3.11. The van der Waals surface area contributed by atoms with Gasteiger partial charge in [-0.2, -0.15) is 0 Å². The third kappa shape index (κ3) is 4.29. The van der Waals surface area contributed by atoms with Gasteiger partial charge < -0.3 is 9.72 Å². The zero-order chi connectivity index (χ0) is 17.9. The minimum atomic E-state index is 0.185. The van der Waals surface area contributed by atoms with Gasteiger partial charge in [0.25, 0.3) is 0 Å². The predicted molar refractivity (Wildman–Crippen MR) is 106 cm³/mol. The number of pyridine rings is 1. The highest BCUT2D eigenvalue weighted by Gasteiger charge is 2.27. The van der Waals surface area contributed by atoms with E-state index in [1.54, 1.807) is 0 Å². The first-order valence-corrected chi connectivity index (χ1v) is 10.6. The molecule has 2 aliphatic rings. The van der Waals surface area contributed by atoms with Gasteiger partial charge in [0.2, 0.25) is 5.91 Å². The average Bonchev–Trinajstić information content (AvgIpc) is 3.04. The number of piperidine rings is 1. The van der Waals surface area contributed by atoms with Crippen LogP contribution in [-0.4, -0.2) is 39.3 Å². The number of carbonyl (C=O) groups excluding carboxylic acids is 1. The molecule has 0 spiro atoms. The van der Waals surface area contributed by atoms with Crippen LogP contribution in [-0.2, 0) is 11.3 Å². The molecular formula is C20H27BrN4O. The number of aromatic nitrogens is 2. The van der Waals surface area contributed by atoms with Crippen molar-refractivity contribution in [1.82, 2.24) is 19.6 Å². The molecule has 4 rings (SSSR count). The first-order valence-electron chi connectivity index (χ1n) is 9.83. The van der Waals surface area contributed by atoms with E-state index in [-0.39, 0.29) is 11.8 Å². The highest BCUT2D eigenvalue weighted by molar-refractivity contribution is 9.10. The van der Waals surface area contributed by atoms with Gasteiger partial charge in [0.15, 0.2) is 0 Å². The summed E-state index contributed by atoms with van der Waals surface area (Å²) in [4.78, 5) is 19.6. The Hall–Kier alpha value is -1.40. The van der Waals surface area contributed by atoms with E-state index in [9.17, 15) is 4.79 Å². The van der Waals surface area contributed by atoms with Gasteiger partial charge in [0.05, 0.1) is 5.69 Å². The van der Waals surface area contributed by atoms with Gasteiger partial charge in [-0.05, 0) is 66.8 Å². The van der Waals surface area contributed by atoms with E-state index >= 15 is 0 Å². The van der Waals surface area contributed by atoms with Crippen LogP contribution in [0.4, 0.5) is 0 Å². The van der Waals surface area contributed by atoms with Crippen LogP contribution in [0.2, 0.25) is 0 Å². The van der Waals surface area contributed by atoms with Gasteiger partial charge in [-0.25, -0.2) is 4.98 Å². The van der Waals surface area contributed by atoms with E-state index in [1.807, 2.05) is 18.3 Å². The maximum absolute atomic E-state index is 12.5. The van der Waals surface area contributed by atoms with E-state index in [4.69, 9.17) is 4.98 Å². The number of amides is 1. The summed E-state index contributed by atoms with van der Waals surface area (Å²) in [5.41, 5.74) is 2.07. The number of imidazole rings is 1. The number of hydrogen-bond acceptors (Lipinski definition) is 3. The predicted octanol–water partition coefficient (Wildman–Crippen LogP) is 3.76. The fourth-order valence-corrected chi connectivity index (χ4v) is 4.59. The van der Waals surface area contributed by atoms with Gasteiger partial charge in [-0.1, -0.05) is 19.3 Å². The molecule has 2 aromatic heterocycles. The number of likely N-dealkylation sites (tertiary alicyclic amines) is 1. The van der Waals surface area contributed by atoms with Crippen LogP contribution in [0.1, 0.15) is 50.6 Å². The Morgan fingerprint density at radius 2 is 1.88 bits per heavy atom. The van der Waals surface area contributed by atoms with Crippen molar-refractivity contribution in [3.8, 4) is 0 Å². The Kier molecular flexibility index (Phi) is 5.60. The molecule has 140 valence electrons. The van der Waals surface area contributed by atoms with Crippen LogP contribution < -0.4 is 5.32 Å². The summed E-state index contributed by atoms with van der Waals surface area (Å²) in [6.45, 7) is 2.80. The second-order valence-electron chi connectivity index (χ2n) is 7.74. The van der Waals surface area contributed by atoms with Crippen LogP contribution in [0.25, 0.3) is 5.65 Å². The number of carbonyl (C=O) groups is 1. The zero-order valence-corrected chi connectivity index (χ0v) is 16.7. The number of fused-ring (bicyclic) bond motifs is 1. The van der Waals surface area contributed by atoms with Crippen LogP contribution in [0.5, 0.6) is 0 Å². The third-order valence-electron chi connectivity index (χ3n) is 5.76. The first kappa shape index (κ1) is 18.0. The lowest BCUT2D eigenvalue weighted by molar-refractivity contribution is -0.127. The van der Waals surface area contributed by atoms with Gasteiger partial charge in [0.1, 0.15) is 5.65 Å². The molecule has 0 bridgehead atoms. The van der Waals surface area contributed by atoms with Crippen LogP contribution in [0, 0.1) is 5.92 Å². The van der Waals surface area contributed by atoms with Gasteiger partial charge in [-0.15, -0.1) is 0 Å². The number of nitrogens with one attached hydrogen (secondary N) is 1. The molecule has 0 unspecified atom stereocenters. The van der Waals surface area contributed by atoms with Crippen molar-refractivity contribution in [2.24, 2.45) is 5.92 Å². The number of hydrogen-bond donors (Lipinski definition) is 1. The fourth-order valence-electron chi connectivity index (χ4n) is 4.24. The van der Waals surface area contributed by atoms with Gasteiger partial charge in [0, 0.05) is 35.4 Å². The normalized spacial score (nSPS) is 20.5. The molecule has 1 saturated heterocycles. The molecule has 1 N–H and O–H groups in total. The summed E-state index contributed by atoms with van der Waals surface area (Å²) in [5.74, 6) is 0.472. The van der Waals surface area contributed by atoms with E-state index in [0.29, 0.717) is 6.04 Å². The molecule has 0 atom stereocenters. The Labute approximate surface area is 163 Å². The molecular weight excluding hydrogens is 392 g/mol. The Morgan fingerprint density at radius 3 is 2.65 bits per heavy atom. The fraction of sp³-hybridized carbons (Fsp3) is 0.600. The lowest BCUT2D eigenvalue weighted by Gasteiger charge is -2.32. The minimum absolute atomic E-state index is 0.185. The Morgan fingerprint density at radius 1 is 1.12 bits per heavy atom. The minimum Gasteiger partial charge on any atom is -0.353 e. The van der Waals surface area contributed by atoms with Crippen molar-refractivity contribution in [3.63, 3.8) is 0 Å². The van der Waals surface area contributed by atoms with Crippen LogP contribution >= 0.6 is 15.9 Å². The molecule has 1 aliphatic carbocycles. The van der Waals surface area contributed by atoms with Crippen molar-refractivity contribution < 1.29 is 4.79 Å². The average molecular weight is 419 g/mol. The topological polar surface area (TPSA) is 49.6 Å². The molecule has 2 fully saturated rings. The van der Waals surface area contributed by atoms with E-state index in [2.05, 4.69) is 36.7 Å². The summed E-state index contributed by atoms with van der Waals surface area (Å²) in [6.07, 6.45) is 12.2. The summed E-state index contributed by atoms with van der Waals surface area (Å²) in [7, 11) is 0. The highest BCUT2D eigenvalue weighted by Crippen LogP contribution is 2.22. The van der Waals surface area contributed by atoms with Crippen molar-refractivity contribution in [2.75, 3.05) is 13.1 Å². The molecule has 5 nitrogen and oxygen atoms in total. The van der Waals surface area contributed by atoms with Gasteiger partial charge >= 0.3 is 0 Å². The zero-order valence-electron chi connectivity index (χ0n) is 15.2. The Balaban J connectivity index is 1.28. The van der Waals surface area contributed by atoms with E-state index in [0.717, 1.165) is 61.1 Å². The highest BCUT2D eigenvalue weighted by atomic mass is 79.9. The van der Waals surface area contributed by atoms with Crippen molar-refractivity contribution in [2.45, 2.75) is 57.5 Å². The summed E-state index contributed by atoms with van der Waals surface area (Å²) in [6, 6.07) is 4.46. The number of rotatable bonds is 4. The van der Waals surface area contributed by atoms with Crippen molar-refractivity contribution in [3.05, 3.63) is 34.7 Å². The number of halogens is 1. The molecule has 0 radical (unpaired) electrons. The van der Waals surface area contributed by atoms with Gasteiger partial charge in [-0.3, -0.25) is 9.69 Å².